The van der Waals surface area contributed by atoms with E-state index in [2.05, 4.69) is 15.6 Å². The highest BCUT2D eigenvalue weighted by molar-refractivity contribution is 6.05. The van der Waals surface area contributed by atoms with Crippen LogP contribution in [0.3, 0.4) is 0 Å². The molecule has 0 aliphatic rings. The van der Waals surface area contributed by atoms with E-state index in [0.29, 0.717) is 12.1 Å². The second-order valence-corrected chi connectivity index (χ2v) is 6.80. The molecule has 5 nitrogen and oxygen atoms in total. The molecule has 0 bridgehead atoms. The van der Waals surface area contributed by atoms with E-state index in [0.717, 1.165) is 27.9 Å². The molecule has 1 heterocycles. The van der Waals surface area contributed by atoms with Crippen molar-refractivity contribution in [2.75, 3.05) is 5.32 Å². The van der Waals surface area contributed by atoms with Gasteiger partial charge in [-0.3, -0.25) is 14.6 Å². The van der Waals surface area contributed by atoms with Crippen molar-refractivity contribution in [1.29, 1.82) is 0 Å². The Morgan fingerprint density at radius 3 is 2.50 bits per heavy atom. The van der Waals surface area contributed by atoms with Gasteiger partial charge in [0.25, 0.3) is 11.8 Å². The summed E-state index contributed by atoms with van der Waals surface area (Å²) in [6.07, 6.45) is 1.47. The number of amides is 2. The number of aromatic nitrogens is 1. The summed E-state index contributed by atoms with van der Waals surface area (Å²) in [7, 11) is 0. The molecule has 0 fully saturated rings. The third-order valence-electron chi connectivity index (χ3n) is 4.64. The van der Waals surface area contributed by atoms with Gasteiger partial charge < -0.3 is 10.6 Å². The highest BCUT2D eigenvalue weighted by Gasteiger charge is 2.13. The van der Waals surface area contributed by atoms with E-state index in [1.165, 1.54) is 12.3 Å². The molecule has 0 aliphatic carbocycles. The van der Waals surface area contributed by atoms with E-state index in [1.54, 1.807) is 6.07 Å². The van der Waals surface area contributed by atoms with E-state index in [1.807, 2.05) is 63.2 Å². The van der Waals surface area contributed by atoms with Crippen molar-refractivity contribution in [1.82, 2.24) is 10.3 Å². The van der Waals surface area contributed by atoms with Crippen LogP contribution in [0.4, 0.5) is 5.69 Å². The van der Waals surface area contributed by atoms with Crippen LogP contribution in [0.2, 0.25) is 0 Å². The summed E-state index contributed by atoms with van der Waals surface area (Å²) in [5, 5.41) is 5.74. The van der Waals surface area contributed by atoms with Gasteiger partial charge in [0.1, 0.15) is 5.69 Å². The maximum absolute atomic E-state index is 12.6. The van der Waals surface area contributed by atoms with Crippen LogP contribution in [0.25, 0.3) is 0 Å². The van der Waals surface area contributed by atoms with Crippen LogP contribution < -0.4 is 10.6 Å². The molecule has 1 aromatic heterocycles. The van der Waals surface area contributed by atoms with E-state index >= 15 is 0 Å². The summed E-state index contributed by atoms with van der Waals surface area (Å²) < 4.78 is 0. The zero-order chi connectivity index (χ0) is 20.1. The molecule has 0 spiro atoms. The Morgan fingerprint density at radius 1 is 0.929 bits per heavy atom. The molecular weight excluding hydrogens is 350 g/mol. The standard InChI is InChI=1S/C23H23N3O2/c1-15-6-4-8-18(12-15)14-25-22(27)19-10-11-24-21(13-19)23(28)26-20-9-5-7-16(2)17(20)3/h4-13H,14H2,1-3H3,(H,25,27)(H,26,28). The van der Waals surface area contributed by atoms with Crippen LogP contribution in [0.15, 0.2) is 60.8 Å². The molecule has 28 heavy (non-hydrogen) atoms. The number of nitrogens with one attached hydrogen (secondary N) is 2. The Labute approximate surface area is 164 Å². The van der Waals surface area contributed by atoms with Gasteiger partial charge in [-0.05, 0) is 55.7 Å². The lowest BCUT2D eigenvalue weighted by Gasteiger charge is -2.11. The third kappa shape index (κ3) is 4.62. The zero-order valence-corrected chi connectivity index (χ0v) is 16.2. The molecule has 0 radical (unpaired) electrons. The molecule has 3 rings (SSSR count). The number of rotatable bonds is 5. The fourth-order valence-corrected chi connectivity index (χ4v) is 2.88. The topological polar surface area (TPSA) is 71.1 Å². The predicted octanol–water partition coefficient (Wildman–Crippen LogP) is 4.19. The summed E-state index contributed by atoms with van der Waals surface area (Å²) in [6, 6.07) is 16.8. The van der Waals surface area contributed by atoms with Crippen LogP contribution >= 0.6 is 0 Å². The normalized spacial score (nSPS) is 10.4. The first-order valence-corrected chi connectivity index (χ1v) is 9.11. The van der Waals surface area contributed by atoms with E-state index in [4.69, 9.17) is 0 Å². The van der Waals surface area contributed by atoms with Crippen molar-refractivity contribution in [2.45, 2.75) is 27.3 Å². The summed E-state index contributed by atoms with van der Waals surface area (Å²) in [6.45, 7) is 6.37. The third-order valence-corrected chi connectivity index (χ3v) is 4.64. The van der Waals surface area contributed by atoms with Crippen molar-refractivity contribution in [2.24, 2.45) is 0 Å². The van der Waals surface area contributed by atoms with Gasteiger partial charge in [0.05, 0.1) is 0 Å². The van der Waals surface area contributed by atoms with Crippen molar-refractivity contribution in [3.63, 3.8) is 0 Å². The Bertz CT molecular complexity index is 1030. The zero-order valence-electron chi connectivity index (χ0n) is 16.2. The molecule has 0 saturated heterocycles. The predicted molar refractivity (Wildman–Crippen MR) is 110 cm³/mol. The average molecular weight is 373 g/mol. The molecule has 0 saturated carbocycles. The maximum atomic E-state index is 12.6. The van der Waals surface area contributed by atoms with Gasteiger partial charge in [-0.1, -0.05) is 42.0 Å². The maximum Gasteiger partial charge on any atom is 0.274 e. The van der Waals surface area contributed by atoms with Crippen LogP contribution in [0, 0.1) is 20.8 Å². The molecule has 2 amide bonds. The largest absolute Gasteiger partial charge is 0.348 e. The van der Waals surface area contributed by atoms with Crippen molar-refractivity contribution in [3.05, 3.63) is 94.3 Å². The van der Waals surface area contributed by atoms with Crippen LogP contribution in [-0.4, -0.2) is 16.8 Å². The Kier molecular flexibility index (Phi) is 5.84. The summed E-state index contributed by atoms with van der Waals surface area (Å²) in [5.41, 5.74) is 5.59. The molecule has 0 aliphatic heterocycles. The first-order valence-electron chi connectivity index (χ1n) is 9.11. The minimum atomic E-state index is -0.345. The van der Waals surface area contributed by atoms with Gasteiger partial charge >= 0.3 is 0 Å². The summed E-state index contributed by atoms with van der Waals surface area (Å²) in [5.74, 6) is -0.591. The molecule has 5 heteroatoms. The quantitative estimate of drug-likeness (QED) is 0.704. The molecule has 0 atom stereocenters. The molecule has 2 aromatic carbocycles. The second kappa shape index (κ2) is 8.48. The van der Waals surface area contributed by atoms with Gasteiger partial charge in [-0.2, -0.15) is 0 Å². The molecule has 3 aromatic rings. The molecular formula is C23H23N3O2. The first-order chi connectivity index (χ1) is 13.4. The minimum absolute atomic E-state index is 0.198. The highest BCUT2D eigenvalue weighted by atomic mass is 16.2. The lowest BCUT2D eigenvalue weighted by Crippen LogP contribution is -2.24. The molecule has 0 unspecified atom stereocenters. The summed E-state index contributed by atoms with van der Waals surface area (Å²) >= 11 is 0. The van der Waals surface area contributed by atoms with Gasteiger partial charge in [0, 0.05) is 24.0 Å². The summed E-state index contributed by atoms with van der Waals surface area (Å²) in [4.78, 5) is 29.1. The Morgan fingerprint density at radius 2 is 1.71 bits per heavy atom. The molecule has 142 valence electrons. The van der Waals surface area contributed by atoms with Crippen molar-refractivity contribution >= 4 is 17.5 Å². The number of pyridine rings is 1. The SMILES string of the molecule is Cc1cccc(CNC(=O)c2ccnc(C(=O)Nc3cccc(C)c3C)c2)c1. The number of aryl methyl sites for hydroxylation is 2. The van der Waals surface area contributed by atoms with Crippen LogP contribution in [0.1, 0.15) is 43.1 Å². The number of carbonyl (C=O) groups excluding carboxylic acids is 2. The smallest absolute Gasteiger partial charge is 0.274 e. The number of benzene rings is 2. The number of nitrogens with zero attached hydrogens (tertiary/aromatic N) is 1. The second-order valence-electron chi connectivity index (χ2n) is 6.80. The van der Waals surface area contributed by atoms with Crippen molar-refractivity contribution < 1.29 is 9.59 Å². The molecule has 2 N–H and O–H groups in total. The van der Waals surface area contributed by atoms with Gasteiger partial charge in [-0.15, -0.1) is 0 Å². The number of hydrogen-bond donors (Lipinski definition) is 2. The Balaban J connectivity index is 1.69. The number of anilines is 1. The van der Waals surface area contributed by atoms with Crippen LogP contribution in [0.5, 0.6) is 0 Å². The fraction of sp³-hybridized carbons (Fsp3) is 0.174. The fourth-order valence-electron chi connectivity index (χ4n) is 2.88. The van der Waals surface area contributed by atoms with Crippen LogP contribution in [-0.2, 0) is 6.54 Å². The first kappa shape index (κ1) is 19.3. The van der Waals surface area contributed by atoms with E-state index < -0.39 is 0 Å². The average Bonchev–Trinajstić information content (AvgIpc) is 2.70. The number of hydrogen-bond acceptors (Lipinski definition) is 3. The Hall–Kier alpha value is -3.47. The minimum Gasteiger partial charge on any atom is -0.348 e. The lowest BCUT2D eigenvalue weighted by molar-refractivity contribution is 0.0950. The van der Waals surface area contributed by atoms with E-state index in [-0.39, 0.29) is 17.5 Å². The number of carbonyl (C=O) groups is 2. The monoisotopic (exact) mass is 373 g/mol. The lowest BCUT2D eigenvalue weighted by atomic mass is 10.1. The van der Waals surface area contributed by atoms with Gasteiger partial charge in [0.2, 0.25) is 0 Å². The highest BCUT2D eigenvalue weighted by Crippen LogP contribution is 2.18. The van der Waals surface area contributed by atoms with Crippen molar-refractivity contribution in [3.8, 4) is 0 Å². The van der Waals surface area contributed by atoms with E-state index in [9.17, 15) is 9.59 Å². The van der Waals surface area contributed by atoms with Gasteiger partial charge in [0.15, 0.2) is 0 Å². The van der Waals surface area contributed by atoms with Gasteiger partial charge in [-0.25, -0.2) is 0 Å².